The summed E-state index contributed by atoms with van der Waals surface area (Å²) >= 11 is 0. The van der Waals surface area contributed by atoms with E-state index in [4.69, 9.17) is 0 Å². The second-order valence-electron chi connectivity index (χ2n) is 7.73. The van der Waals surface area contributed by atoms with Gasteiger partial charge in [0.1, 0.15) is 0 Å². The standard InChI is InChI=1S/C19H27N5O4S/c1-14(2)15-4-6-16(7-5-15)29(27,28)24-10-8-19(26,9-11-24)13-23-12-17(21-22-23)18(25)20-3/h4-7,12,14,26H,8-11,13H2,1-3H3,(H,20,25). The van der Waals surface area contributed by atoms with Crippen molar-refractivity contribution in [3.63, 3.8) is 0 Å². The Balaban J connectivity index is 1.65. The number of sulfonamides is 1. The highest BCUT2D eigenvalue weighted by molar-refractivity contribution is 7.89. The van der Waals surface area contributed by atoms with E-state index >= 15 is 0 Å². The Morgan fingerprint density at radius 3 is 2.41 bits per heavy atom. The summed E-state index contributed by atoms with van der Waals surface area (Å²) in [5.74, 6) is -0.0231. The van der Waals surface area contributed by atoms with Crippen molar-refractivity contribution in [2.75, 3.05) is 20.1 Å². The van der Waals surface area contributed by atoms with Crippen LogP contribution >= 0.6 is 0 Å². The Labute approximate surface area is 170 Å². The van der Waals surface area contributed by atoms with Crippen molar-refractivity contribution < 1.29 is 18.3 Å². The van der Waals surface area contributed by atoms with Gasteiger partial charge in [0.15, 0.2) is 5.69 Å². The molecule has 9 nitrogen and oxygen atoms in total. The van der Waals surface area contributed by atoms with E-state index in [1.807, 2.05) is 12.1 Å². The lowest BCUT2D eigenvalue weighted by molar-refractivity contribution is -0.0224. The molecule has 29 heavy (non-hydrogen) atoms. The second-order valence-corrected chi connectivity index (χ2v) is 9.67. The normalized spacial score (nSPS) is 17.4. The fourth-order valence-electron chi connectivity index (χ4n) is 3.38. The Morgan fingerprint density at radius 2 is 1.86 bits per heavy atom. The molecule has 10 heteroatoms. The summed E-state index contributed by atoms with van der Waals surface area (Å²) in [6.45, 7) is 4.68. The lowest BCUT2D eigenvalue weighted by Gasteiger charge is -2.37. The summed E-state index contributed by atoms with van der Waals surface area (Å²) in [6.07, 6.45) is 2.01. The monoisotopic (exact) mass is 421 g/mol. The quantitative estimate of drug-likeness (QED) is 0.718. The molecule has 0 radical (unpaired) electrons. The minimum Gasteiger partial charge on any atom is -0.388 e. The molecule has 2 heterocycles. The van der Waals surface area contributed by atoms with Gasteiger partial charge in [-0.15, -0.1) is 5.10 Å². The minimum atomic E-state index is -3.60. The van der Waals surface area contributed by atoms with E-state index in [0.29, 0.717) is 5.92 Å². The fourth-order valence-corrected chi connectivity index (χ4v) is 4.83. The van der Waals surface area contributed by atoms with Gasteiger partial charge in [0.25, 0.3) is 5.91 Å². The molecule has 1 amide bonds. The highest BCUT2D eigenvalue weighted by atomic mass is 32.2. The molecular weight excluding hydrogens is 394 g/mol. The van der Waals surface area contributed by atoms with E-state index in [-0.39, 0.29) is 49.0 Å². The van der Waals surface area contributed by atoms with Crippen LogP contribution in [0.4, 0.5) is 0 Å². The largest absolute Gasteiger partial charge is 0.388 e. The number of hydrogen-bond donors (Lipinski definition) is 2. The summed E-state index contributed by atoms with van der Waals surface area (Å²) in [5, 5.41) is 21.0. The second kappa shape index (κ2) is 8.21. The van der Waals surface area contributed by atoms with Gasteiger partial charge < -0.3 is 10.4 Å². The van der Waals surface area contributed by atoms with Gasteiger partial charge >= 0.3 is 0 Å². The van der Waals surface area contributed by atoms with Crippen molar-refractivity contribution in [3.05, 3.63) is 41.7 Å². The third-order valence-electron chi connectivity index (χ3n) is 5.29. The van der Waals surface area contributed by atoms with Gasteiger partial charge in [0.05, 0.1) is 23.2 Å². The maximum Gasteiger partial charge on any atom is 0.273 e. The number of amides is 1. The first-order valence-electron chi connectivity index (χ1n) is 9.59. The van der Waals surface area contributed by atoms with Crippen LogP contribution in [0.1, 0.15) is 48.7 Å². The maximum atomic E-state index is 12.9. The van der Waals surface area contributed by atoms with Gasteiger partial charge in [-0.05, 0) is 36.5 Å². The van der Waals surface area contributed by atoms with Gasteiger partial charge in [-0.3, -0.25) is 4.79 Å². The first kappa shape index (κ1) is 21.4. The first-order chi connectivity index (χ1) is 13.6. The van der Waals surface area contributed by atoms with Crippen LogP contribution in [0.25, 0.3) is 0 Å². The molecular formula is C19H27N5O4S. The molecule has 1 fully saturated rings. The number of piperidine rings is 1. The number of aliphatic hydroxyl groups is 1. The van der Waals surface area contributed by atoms with Crippen molar-refractivity contribution in [2.45, 2.75) is 49.6 Å². The van der Waals surface area contributed by atoms with Crippen molar-refractivity contribution >= 4 is 15.9 Å². The van der Waals surface area contributed by atoms with Crippen LogP contribution in [0.5, 0.6) is 0 Å². The number of nitrogens with one attached hydrogen (secondary N) is 1. The van der Waals surface area contributed by atoms with Crippen LogP contribution in [-0.2, 0) is 16.6 Å². The van der Waals surface area contributed by atoms with E-state index in [2.05, 4.69) is 29.5 Å². The molecule has 0 spiro atoms. The first-order valence-corrected chi connectivity index (χ1v) is 11.0. The summed E-state index contributed by atoms with van der Waals surface area (Å²) < 4.78 is 28.7. The Bertz CT molecular complexity index is 961. The average molecular weight is 422 g/mol. The van der Waals surface area contributed by atoms with Gasteiger partial charge in [0.2, 0.25) is 10.0 Å². The van der Waals surface area contributed by atoms with E-state index < -0.39 is 15.6 Å². The Hall–Kier alpha value is -2.30. The van der Waals surface area contributed by atoms with Crippen molar-refractivity contribution in [1.82, 2.24) is 24.6 Å². The fraction of sp³-hybridized carbons (Fsp3) is 0.526. The molecule has 158 valence electrons. The third-order valence-corrected chi connectivity index (χ3v) is 7.21. The van der Waals surface area contributed by atoms with Crippen molar-refractivity contribution in [3.8, 4) is 0 Å². The maximum absolute atomic E-state index is 12.9. The predicted octanol–water partition coefficient (Wildman–Crippen LogP) is 0.977. The predicted molar refractivity (Wildman–Crippen MR) is 107 cm³/mol. The highest BCUT2D eigenvalue weighted by Crippen LogP contribution is 2.28. The number of carbonyl (C=O) groups excluding carboxylic acids is 1. The number of rotatable bonds is 6. The number of aromatic nitrogens is 3. The SMILES string of the molecule is CNC(=O)c1cn(CC2(O)CCN(S(=O)(=O)c3ccc(C(C)C)cc3)CC2)nn1. The summed E-state index contributed by atoms with van der Waals surface area (Å²) in [4.78, 5) is 11.8. The average Bonchev–Trinajstić information content (AvgIpc) is 3.15. The molecule has 0 atom stereocenters. The molecule has 0 bridgehead atoms. The van der Waals surface area contributed by atoms with Crippen LogP contribution in [-0.4, -0.2) is 64.5 Å². The van der Waals surface area contributed by atoms with Crippen molar-refractivity contribution in [1.29, 1.82) is 0 Å². The molecule has 1 saturated heterocycles. The van der Waals surface area contributed by atoms with Crippen LogP contribution < -0.4 is 5.32 Å². The molecule has 0 saturated carbocycles. The summed E-state index contributed by atoms with van der Waals surface area (Å²) in [6, 6.07) is 6.96. The molecule has 1 aliphatic heterocycles. The molecule has 1 aromatic heterocycles. The zero-order chi connectivity index (χ0) is 21.2. The van der Waals surface area contributed by atoms with Gasteiger partial charge in [0, 0.05) is 20.1 Å². The zero-order valence-corrected chi connectivity index (χ0v) is 17.7. The number of benzene rings is 1. The molecule has 0 aliphatic carbocycles. The van der Waals surface area contributed by atoms with E-state index in [1.54, 1.807) is 12.1 Å². The van der Waals surface area contributed by atoms with Gasteiger partial charge in [-0.1, -0.05) is 31.2 Å². The zero-order valence-electron chi connectivity index (χ0n) is 16.9. The van der Waals surface area contributed by atoms with Gasteiger partial charge in [-0.2, -0.15) is 4.31 Å². The van der Waals surface area contributed by atoms with E-state index in [0.717, 1.165) is 5.56 Å². The summed E-state index contributed by atoms with van der Waals surface area (Å²) in [5.41, 5.74) is 0.142. The highest BCUT2D eigenvalue weighted by Gasteiger charge is 2.37. The summed E-state index contributed by atoms with van der Waals surface area (Å²) in [7, 11) is -2.10. The smallest absolute Gasteiger partial charge is 0.273 e. The Kier molecular flexibility index (Phi) is 6.06. The Morgan fingerprint density at radius 1 is 1.24 bits per heavy atom. The lowest BCUT2D eigenvalue weighted by atomic mass is 9.92. The third kappa shape index (κ3) is 4.65. The van der Waals surface area contributed by atoms with Crippen LogP contribution in [0.15, 0.2) is 35.4 Å². The lowest BCUT2D eigenvalue weighted by Crippen LogP contribution is -2.48. The van der Waals surface area contributed by atoms with E-state index in [1.165, 1.54) is 22.2 Å². The number of carbonyl (C=O) groups is 1. The van der Waals surface area contributed by atoms with Crippen LogP contribution in [0, 0.1) is 0 Å². The minimum absolute atomic E-state index is 0.147. The van der Waals surface area contributed by atoms with Crippen LogP contribution in [0.3, 0.4) is 0 Å². The number of nitrogens with zero attached hydrogens (tertiary/aromatic N) is 4. The molecule has 2 aromatic rings. The molecule has 1 aromatic carbocycles. The topological polar surface area (TPSA) is 117 Å². The van der Waals surface area contributed by atoms with Crippen molar-refractivity contribution in [2.24, 2.45) is 0 Å². The van der Waals surface area contributed by atoms with E-state index in [9.17, 15) is 18.3 Å². The molecule has 3 rings (SSSR count). The molecule has 0 unspecified atom stereocenters. The molecule has 2 N–H and O–H groups in total. The number of hydrogen-bond acceptors (Lipinski definition) is 6. The van der Waals surface area contributed by atoms with Gasteiger partial charge in [-0.25, -0.2) is 13.1 Å². The van der Waals surface area contributed by atoms with Crippen LogP contribution in [0.2, 0.25) is 0 Å². The molecule has 1 aliphatic rings.